The number of hydrogen-bond donors (Lipinski definition) is 1. The first kappa shape index (κ1) is 15.3. The molecular weight excluding hydrogens is 286 g/mol. The van der Waals surface area contributed by atoms with Crippen LogP contribution in [-0.2, 0) is 11.3 Å². The van der Waals surface area contributed by atoms with Crippen LogP contribution in [0.25, 0.3) is 5.65 Å². The van der Waals surface area contributed by atoms with E-state index in [0.29, 0.717) is 6.54 Å². The summed E-state index contributed by atoms with van der Waals surface area (Å²) in [7, 11) is 0. The van der Waals surface area contributed by atoms with Crippen LogP contribution in [0.1, 0.15) is 36.1 Å². The second-order valence-electron chi connectivity index (χ2n) is 5.74. The van der Waals surface area contributed by atoms with Gasteiger partial charge in [0.1, 0.15) is 5.65 Å². The number of rotatable bonds is 5. The number of pyridine rings is 1. The maximum absolute atomic E-state index is 12.5. The molecule has 0 bridgehead atoms. The molecule has 0 unspecified atom stereocenters. The summed E-state index contributed by atoms with van der Waals surface area (Å²) < 4.78 is 1.99. The molecule has 0 radical (unpaired) electrons. The molecule has 0 saturated carbocycles. The maximum atomic E-state index is 12.5. The summed E-state index contributed by atoms with van der Waals surface area (Å²) in [5, 5.41) is 3.01. The minimum absolute atomic E-state index is 0.0486. The third kappa shape index (κ3) is 3.26. The Morgan fingerprint density at radius 2 is 2.00 bits per heavy atom. The van der Waals surface area contributed by atoms with Gasteiger partial charge in [-0.1, -0.05) is 43.3 Å². The molecule has 0 aliphatic heterocycles. The van der Waals surface area contributed by atoms with Crippen LogP contribution in [0.4, 0.5) is 0 Å². The average Bonchev–Trinajstić information content (AvgIpc) is 2.99. The Labute approximate surface area is 136 Å². The minimum Gasteiger partial charge on any atom is -0.350 e. The Morgan fingerprint density at radius 3 is 2.70 bits per heavy atom. The quantitative estimate of drug-likeness (QED) is 0.784. The van der Waals surface area contributed by atoms with Crippen molar-refractivity contribution in [2.45, 2.75) is 32.7 Å². The van der Waals surface area contributed by atoms with Gasteiger partial charge in [-0.3, -0.25) is 4.79 Å². The van der Waals surface area contributed by atoms with E-state index in [2.05, 4.69) is 10.3 Å². The van der Waals surface area contributed by atoms with Crippen LogP contribution in [0, 0.1) is 6.92 Å². The molecule has 3 rings (SSSR count). The Balaban J connectivity index is 1.71. The van der Waals surface area contributed by atoms with Gasteiger partial charge < -0.3 is 9.72 Å². The van der Waals surface area contributed by atoms with Crippen molar-refractivity contribution in [1.29, 1.82) is 0 Å². The SMILES string of the molecule is CC[C@@H](C(=O)NCc1cn2cccc(C)c2n1)c1ccccc1. The fourth-order valence-electron chi connectivity index (χ4n) is 2.85. The maximum Gasteiger partial charge on any atom is 0.227 e. The van der Waals surface area contributed by atoms with Gasteiger partial charge >= 0.3 is 0 Å². The lowest BCUT2D eigenvalue weighted by Crippen LogP contribution is -2.28. The first-order valence-electron chi connectivity index (χ1n) is 7.95. The highest BCUT2D eigenvalue weighted by molar-refractivity contribution is 5.83. The summed E-state index contributed by atoms with van der Waals surface area (Å²) in [5.74, 6) is -0.0672. The molecule has 1 amide bonds. The van der Waals surface area contributed by atoms with E-state index in [1.54, 1.807) is 0 Å². The number of nitrogens with one attached hydrogen (secondary N) is 1. The number of imidazole rings is 1. The molecule has 4 heteroatoms. The largest absolute Gasteiger partial charge is 0.350 e. The van der Waals surface area contributed by atoms with E-state index >= 15 is 0 Å². The van der Waals surface area contributed by atoms with E-state index in [4.69, 9.17) is 0 Å². The van der Waals surface area contributed by atoms with Gasteiger partial charge in [0, 0.05) is 12.4 Å². The third-order valence-corrected chi connectivity index (χ3v) is 4.10. The zero-order chi connectivity index (χ0) is 16.2. The number of benzene rings is 1. The van der Waals surface area contributed by atoms with Crippen LogP contribution in [0.5, 0.6) is 0 Å². The standard InChI is InChI=1S/C19H21N3O/c1-3-17(15-9-5-4-6-10-15)19(23)20-12-16-13-22-11-7-8-14(2)18(22)21-16/h4-11,13,17H,3,12H2,1-2H3,(H,20,23)/t17-/m1/s1. The van der Waals surface area contributed by atoms with Crippen molar-refractivity contribution < 1.29 is 4.79 Å². The van der Waals surface area contributed by atoms with Crippen molar-refractivity contribution in [1.82, 2.24) is 14.7 Å². The summed E-state index contributed by atoms with van der Waals surface area (Å²) in [6.45, 7) is 4.52. The molecule has 0 spiro atoms. The number of carbonyl (C=O) groups is 1. The smallest absolute Gasteiger partial charge is 0.227 e. The lowest BCUT2D eigenvalue weighted by molar-refractivity contribution is -0.122. The Morgan fingerprint density at radius 1 is 1.22 bits per heavy atom. The summed E-state index contributed by atoms with van der Waals surface area (Å²) in [6, 6.07) is 13.9. The molecule has 3 aromatic rings. The van der Waals surface area contributed by atoms with E-state index in [9.17, 15) is 4.79 Å². The van der Waals surface area contributed by atoms with Crippen LogP contribution in [-0.4, -0.2) is 15.3 Å². The molecule has 1 aromatic carbocycles. The summed E-state index contributed by atoms with van der Waals surface area (Å²) >= 11 is 0. The van der Waals surface area contributed by atoms with Crippen molar-refractivity contribution in [2.75, 3.05) is 0 Å². The first-order valence-corrected chi connectivity index (χ1v) is 7.95. The predicted octanol–water partition coefficient (Wildman–Crippen LogP) is 3.45. The second kappa shape index (κ2) is 6.65. The van der Waals surface area contributed by atoms with Gasteiger partial charge in [0.2, 0.25) is 5.91 Å². The van der Waals surface area contributed by atoms with Crippen LogP contribution < -0.4 is 5.32 Å². The van der Waals surface area contributed by atoms with Crippen molar-refractivity contribution in [2.24, 2.45) is 0 Å². The molecule has 1 atom stereocenters. The molecule has 118 valence electrons. The molecular formula is C19H21N3O. The van der Waals surface area contributed by atoms with E-state index in [0.717, 1.165) is 28.9 Å². The lowest BCUT2D eigenvalue weighted by atomic mass is 9.96. The van der Waals surface area contributed by atoms with E-state index in [1.165, 1.54) is 0 Å². The Bertz CT molecular complexity index is 808. The molecule has 0 saturated heterocycles. The van der Waals surface area contributed by atoms with Gasteiger partial charge in [0.15, 0.2) is 0 Å². The third-order valence-electron chi connectivity index (χ3n) is 4.10. The molecule has 23 heavy (non-hydrogen) atoms. The van der Waals surface area contributed by atoms with Crippen LogP contribution in [0.3, 0.4) is 0 Å². The average molecular weight is 307 g/mol. The fraction of sp³-hybridized carbons (Fsp3) is 0.263. The minimum atomic E-state index is -0.116. The first-order chi connectivity index (χ1) is 11.2. The van der Waals surface area contributed by atoms with Gasteiger partial charge in [-0.05, 0) is 30.5 Å². The van der Waals surface area contributed by atoms with Crippen LogP contribution >= 0.6 is 0 Å². The van der Waals surface area contributed by atoms with Crippen molar-refractivity contribution >= 4 is 11.6 Å². The number of fused-ring (bicyclic) bond motifs is 1. The number of carbonyl (C=O) groups excluding carboxylic acids is 1. The van der Waals surface area contributed by atoms with E-state index in [-0.39, 0.29) is 11.8 Å². The predicted molar refractivity (Wildman–Crippen MR) is 91.2 cm³/mol. The van der Waals surface area contributed by atoms with Crippen molar-refractivity contribution in [3.8, 4) is 0 Å². The highest BCUT2D eigenvalue weighted by Gasteiger charge is 2.18. The molecule has 2 aromatic heterocycles. The number of aromatic nitrogens is 2. The monoisotopic (exact) mass is 307 g/mol. The Kier molecular flexibility index (Phi) is 4.42. The number of aryl methyl sites for hydroxylation is 1. The number of hydrogen-bond acceptors (Lipinski definition) is 2. The normalized spacial score (nSPS) is 12.3. The fourth-order valence-corrected chi connectivity index (χ4v) is 2.85. The Hall–Kier alpha value is -2.62. The molecule has 2 heterocycles. The van der Waals surface area contributed by atoms with Gasteiger partial charge in [-0.25, -0.2) is 4.98 Å². The number of amides is 1. The highest BCUT2D eigenvalue weighted by atomic mass is 16.1. The molecule has 1 N–H and O–H groups in total. The van der Waals surface area contributed by atoms with Crippen LogP contribution in [0.15, 0.2) is 54.9 Å². The van der Waals surface area contributed by atoms with Gasteiger partial charge in [-0.15, -0.1) is 0 Å². The molecule has 0 aliphatic rings. The molecule has 0 aliphatic carbocycles. The number of nitrogens with zero attached hydrogens (tertiary/aromatic N) is 2. The van der Waals surface area contributed by atoms with Crippen molar-refractivity contribution in [3.05, 3.63) is 71.7 Å². The highest BCUT2D eigenvalue weighted by Crippen LogP contribution is 2.19. The zero-order valence-electron chi connectivity index (χ0n) is 13.5. The van der Waals surface area contributed by atoms with Gasteiger partial charge in [0.25, 0.3) is 0 Å². The molecule has 0 fully saturated rings. The zero-order valence-corrected chi connectivity index (χ0v) is 13.5. The second-order valence-corrected chi connectivity index (χ2v) is 5.74. The van der Waals surface area contributed by atoms with Crippen molar-refractivity contribution in [3.63, 3.8) is 0 Å². The topological polar surface area (TPSA) is 46.4 Å². The summed E-state index contributed by atoms with van der Waals surface area (Å²) in [5.41, 5.74) is 3.99. The van der Waals surface area contributed by atoms with Gasteiger partial charge in [-0.2, -0.15) is 0 Å². The molecule has 4 nitrogen and oxygen atoms in total. The van der Waals surface area contributed by atoms with E-state index in [1.807, 2.05) is 73.1 Å². The lowest BCUT2D eigenvalue weighted by Gasteiger charge is -2.14. The van der Waals surface area contributed by atoms with E-state index < -0.39 is 0 Å². The van der Waals surface area contributed by atoms with Crippen LogP contribution in [0.2, 0.25) is 0 Å². The van der Waals surface area contributed by atoms with Gasteiger partial charge in [0.05, 0.1) is 18.2 Å². The summed E-state index contributed by atoms with van der Waals surface area (Å²) in [4.78, 5) is 17.1. The summed E-state index contributed by atoms with van der Waals surface area (Å²) in [6.07, 6.45) is 4.71.